The number of aromatic nitrogens is 5. The fraction of sp³-hybridized carbons (Fsp3) is 0.130. The molecule has 0 saturated heterocycles. The third-order valence-electron chi connectivity index (χ3n) is 4.83. The van der Waals surface area contributed by atoms with Gasteiger partial charge in [-0.05, 0) is 48.5 Å². The minimum absolute atomic E-state index is 0.441. The molecule has 5 aromatic rings. The predicted octanol–water partition coefficient (Wildman–Crippen LogP) is 5.59. The average molecular weight is 480 g/mol. The van der Waals surface area contributed by atoms with Gasteiger partial charge in [0.1, 0.15) is 11.5 Å². The molecule has 0 spiro atoms. The van der Waals surface area contributed by atoms with Crippen molar-refractivity contribution in [1.82, 2.24) is 24.9 Å². The van der Waals surface area contributed by atoms with Crippen molar-refractivity contribution < 1.29 is 13.7 Å². The highest BCUT2D eigenvalue weighted by Gasteiger charge is 2.18. The van der Waals surface area contributed by atoms with Crippen molar-refractivity contribution in [3.8, 4) is 28.6 Å². The van der Waals surface area contributed by atoms with E-state index in [1.54, 1.807) is 25.5 Å². The summed E-state index contributed by atoms with van der Waals surface area (Å²) < 4.78 is 18.3. The maximum absolute atomic E-state index is 5.95. The highest BCUT2D eigenvalue weighted by atomic mass is 35.5. The first-order chi connectivity index (χ1) is 16.2. The van der Waals surface area contributed by atoms with Crippen molar-refractivity contribution >= 4 is 23.4 Å². The van der Waals surface area contributed by atoms with E-state index in [4.69, 9.17) is 25.3 Å². The zero-order valence-electron chi connectivity index (χ0n) is 17.5. The molecule has 33 heavy (non-hydrogen) atoms. The lowest BCUT2D eigenvalue weighted by Gasteiger charge is -2.09. The predicted molar refractivity (Wildman–Crippen MR) is 124 cm³/mol. The number of methoxy groups -OCH3 is 1. The standard InChI is InChI=1S/C23H18ClN5O3S/c1-30-18-5-2-4-16(12-18)21-26-27-23(29(21)13-19-6-3-11-31-19)33-14-20-25-22(32-28-20)15-7-9-17(24)10-8-15/h2-12H,13-14H2,1H3. The molecule has 0 aliphatic rings. The van der Waals surface area contributed by atoms with Gasteiger partial charge in [0.2, 0.25) is 0 Å². The second kappa shape index (κ2) is 9.51. The molecule has 0 amide bonds. The minimum atomic E-state index is 0.441. The van der Waals surface area contributed by atoms with Crippen molar-refractivity contribution in [3.63, 3.8) is 0 Å². The molecule has 0 radical (unpaired) electrons. The smallest absolute Gasteiger partial charge is 0.257 e. The van der Waals surface area contributed by atoms with Gasteiger partial charge in [-0.2, -0.15) is 4.98 Å². The van der Waals surface area contributed by atoms with Gasteiger partial charge < -0.3 is 13.7 Å². The van der Waals surface area contributed by atoms with E-state index in [1.807, 2.05) is 53.1 Å². The van der Waals surface area contributed by atoms with Gasteiger partial charge in [0.15, 0.2) is 16.8 Å². The van der Waals surface area contributed by atoms with Crippen LogP contribution < -0.4 is 4.74 Å². The molecule has 8 nitrogen and oxygen atoms in total. The van der Waals surface area contributed by atoms with E-state index in [1.165, 1.54) is 11.8 Å². The molecule has 0 atom stereocenters. The summed E-state index contributed by atoms with van der Waals surface area (Å²) in [4.78, 5) is 4.48. The Balaban J connectivity index is 1.40. The molecule has 5 rings (SSSR count). The van der Waals surface area contributed by atoms with Gasteiger partial charge in [0.25, 0.3) is 5.89 Å². The lowest BCUT2D eigenvalue weighted by molar-refractivity contribution is 0.415. The van der Waals surface area contributed by atoms with Crippen LogP contribution in [0, 0.1) is 0 Å². The molecule has 10 heteroatoms. The monoisotopic (exact) mass is 479 g/mol. The number of hydrogen-bond acceptors (Lipinski definition) is 8. The van der Waals surface area contributed by atoms with E-state index in [9.17, 15) is 0 Å². The molecular formula is C23H18ClN5O3S. The van der Waals surface area contributed by atoms with E-state index >= 15 is 0 Å². The van der Waals surface area contributed by atoms with E-state index < -0.39 is 0 Å². The zero-order chi connectivity index (χ0) is 22.6. The van der Waals surface area contributed by atoms with E-state index in [0.717, 1.165) is 22.6 Å². The van der Waals surface area contributed by atoms with Crippen molar-refractivity contribution in [2.75, 3.05) is 7.11 Å². The van der Waals surface area contributed by atoms with E-state index in [0.29, 0.717) is 40.0 Å². The Hall–Kier alpha value is -3.56. The molecule has 3 heterocycles. The molecule has 0 N–H and O–H groups in total. The third-order valence-corrected chi connectivity index (χ3v) is 6.04. The Bertz CT molecular complexity index is 1350. The van der Waals surface area contributed by atoms with Crippen LogP contribution in [-0.4, -0.2) is 32.0 Å². The molecule has 0 unspecified atom stereocenters. The molecule has 166 valence electrons. The summed E-state index contributed by atoms with van der Waals surface area (Å²) in [7, 11) is 1.64. The van der Waals surface area contributed by atoms with Gasteiger partial charge in [-0.25, -0.2) is 0 Å². The maximum atomic E-state index is 5.95. The molecule has 0 aliphatic carbocycles. The van der Waals surface area contributed by atoms with Crippen LogP contribution in [0.5, 0.6) is 5.75 Å². The van der Waals surface area contributed by atoms with Crippen LogP contribution in [0.15, 0.2) is 81.0 Å². The van der Waals surface area contributed by atoms with Crippen LogP contribution in [0.4, 0.5) is 0 Å². The second-order valence-corrected chi connectivity index (χ2v) is 8.39. The summed E-state index contributed by atoms with van der Waals surface area (Å²) in [5.74, 6) is 3.71. The Morgan fingerprint density at radius 1 is 1.03 bits per heavy atom. The number of hydrogen-bond donors (Lipinski definition) is 0. The summed E-state index contributed by atoms with van der Waals surface area (Å²) in [6.45, 7) is 0.483. The number of furan rings is 1. The van der Waals surface area contributed by atoms with E-state index in [-0.39, 0.29) is 0 Å². The van der Waals surface area contributed by atoms with Gasteiger partial charge in [0.05, 0.1) is 25.7 Å². The van der Waals surface area contributed by atoms with Crippen molar-refractivity contribution in [3.05, 3.63) is 83.5 Å². The number of halogens is 1. The minimum Gasteiger partial charge on any atom is -0.497 e. The number of ether oxygens (including phenoxy) is 1. The van der Waals surface area contributed by atoms with Gasteiger partial charge in [0, 0.05) is 16.1 Å². The molecule has 0 bridgehead atoms. The van der Waals surface area contributed by atoms with E-state index in [2.05, 4.69) is 20.3 Å². The first-order valence-corrected chi connectivity index (χ1v) is 11.4. The molecule has 0 fully saturated rings. The topological polar surface area (TPSA) is 92.0 Å². The zero-order valence-corrected chi connectivity index (χ0v) is 19.1. The average Bonchev–Trinajstić information content (AvgIpc) is 3.60. The lowest BCUT2D eigenvalue weighted by Crippen LogP contribution is -2.03. The van der Waals surface area contributed by atoms with Gasteiger partial charge in [-0.3, -0.25) is 4.57 Å². The normalized spacial score (nSPS) is 11.1. The number of nitrogens with zero attached hydrogens (tertiary/aromatic N) is 5. The van der Waals surface area contributed by atoms with Crippen LogP contribution in [-0.2, 0) is 12.3 Å². The number of rotatable bonds is 8. The summed E-state index contributed by atoms with van der Waals surface area (Å²) in [6, 6.07) is 18.7. The summed E-state index contributed by atoms with van der Waals surface area (Å²) in [5, 5.41) is 14.3. The highest BCUT2D eigenvalue weighted by molar-refractivity contribution is 7.98. The van der Waals surface area contributed by atoms with Crippen molar-refractivity contribution in [1.29, 1.82) is 0 Å². The molecular weight excluding hydrogens is 462 g/mol. The Kier molecular flexibility index (Phi) is 6.14. The van der Waals surface area contributed by atoms with Gasteiger partial charge in [-0.15, -0.1) is 10.2 Å². The van der Waals surface area contributed by atoms with Crippen molar-refractivity contribution in [2.45, 2.75) is 17.5 Å². The van der Waals surface area contributed by atoms with Crippen LogP contribution in [0.1, 0.15) is 11.6 Å². The Morgan fingerprint density at radius 2 is 1.91 bits per heavy atom. The van der Waals surface area contributed by atoms with Crippen LogP contribution in [0.25, 0.3) is 22.8 Å². The molecule has 2 aromatic carbocycles. The summed E-state index contributed by atoms with van der Waals surface area (Å²) in [5.41, 5.74) is 1.70. The maximum Gasteiger partial charge on any atom is 0.257 e. The largest absolute Gasteiger partial charge is 0.497 e. The fourth-order valence-electron chi connectivity index (χ4n) is 3.22. The van der Waals surface area contributed by atoms with Crippen LogP contribution >= 0.6 is 23.4 Å². The summed E-state index contributed by atoms with van der Waals surface area (Å²) >= 11 is 7.42. The fourth-order valence-corrected chi connectivity index (χ4v) is 4.13. The molecule has 3 aromatic heterocycles. The lowest BCUT2D eigenvalue weighted by atomic mass is 10.2. The van der Waals surface area contributed by atoms with Crippen LogP contribution in [0.3, 0.4) is 0 Å². The highest BCUT2D eigenvalue weighted by Crippen LogP contribution is 2.29. The second-order valence-electron chi connectivity index (χ2n) is 7.01. The first-order valence-electron chi connectivity index (χ1n) is 10.0. The molecule has 0 aliphatic heterocycles. The first kappa shape index (κ1) is 21.3. The van der Waals surface area contributed by atoms with Gasteiger partial charge in [-0.1, -0.05) is 40.7 Å². The van der Waals surface area contributed by atoms with Crippen molar-refractivity contribution in [2.24, 2.45) is 0 Å². The SMILES string of the molecule is COc1cccc(-c2nnc(SCc3noc(-c4ccc(Cl)cc4)n3)n2Cc2ccco2)c1. The quantitative estimate of drug-likeness (QED) is 0.266. The third kappa shape index (κ3) is 4.79. The number of thioether (sulfide) groups is 1. The van der Waals surface area contributed by atoms with Gasteiger partial charge >= 0.3 is 0 Å². The molecule has 0 saturated carbocycles. The van der Waals surface area contributed by atoms with Crippen LogP contribution in [0.2, 0.25) is 5.02 Å². The number of benzene rings is 2. The summed E-state index contributed by atoms with van der Waals surface area (Å²) in [6.07, 6.45) is 1.65. The Labute approximate surface area is 198 Å². The Morgan fingerprint density at radius 3 is 2.70 bits per heavy atom.